The van der Waals surface area contributed by atoms with Gasteiger partial charge in [0.05, 0.1) is 84.9 Å². The van der Waals surface area contributed by atoms with Gasteiger partial charge in [0.2, 0.25) is 29.5 Å². The summed E-state index contributed by atoms with van der Waals surface area (Å²) < 4.78 is 0. The molecule has 0 saturated carbocycles. The summed E-state index contributed by atoms with van der Waals surface area (Å²) >= 11 is 11.0. The molecule has 5 rings (SSSR count). The molecule has 5 amide bonds. The number of aliphatic carboxylic acids is 10. The number of nitrogens with one attached hydrogen (secondary N) is 11. The van der Waals surface area contributed by atoms with E-state index < -0.39 is 191 Å². The number of amides is 5. The smallest absolute Gasteiger partial charge is 0.480 e. The summed E-state index contributed by atoms with van der Waals surface area (Å²) in [4.78, 5) is 205. The number of unbranched alkanes of at least 4 members (excludes halogenated alkanes) is 1. The van der Waals surface area contributed by atoms with E-state index in [1.807, 2.05) is 12.1 Å². The van der Waals surface area contributed by atoms with Gasteiger partial charge in [-0.15, -0.1) is 0 Å². The Morgan fingerprint density at radius 3 is 1.22 bits per heavy atom. The van der Waals surface area contributed by atoms with E-state index in [2.05, 4.69) is 62.8 Å². The van der Waals surface area contributed by atoms with Crippen molar-refractivity contribution >= 4 is 146 Å². The second kappa shape index (κ2) is 57.5. The van der Waals surface area contributed by atoms with Crippen LogP contribution in [0.3, 0.4) is 0 Å². The first kappa shape index (κ1) is 109. The molecule has 0 saturated heterocycles. The number of benzene rings is 3. The van der Waals surface area contributed by atoms with Crippen LogP contribution in [0.15, 0.2) is 91.5 Å². The van der Waals surface area contributed by atoms with Crippen LogP contribution in [0.1, 0.15) is 41.6 Å². The molecule has 121 heavy (non-hydrogen) atoms. The average molecular weight is 2030 g/mol. The van der Waals surface area contributed by atoms with E-state index in [1.165, 1.54) is 29.4 Å². The summed E-state index contributed by atoms with van der Waals surface area (Å²) in [5.41, 5.74) is 3.61. The summed E-state index contributed by atoms with van der Waals surface area (Å²) in [6, 6.07) is 13.9. The fraction of sp³-hybridized carbons (Fsp3) is 0.444. The Hall–Kier alpha value is -9.83. The van der Waals surface area contributed by atoms with Crippen LogP contribution >= 0.6 is 24.4 Å². The minimum absolute atomic E-state index is 0. The average Bonchev–Trinajstić information content (AvgIpc) is 1.70. The summed E-state index contributed by atoms with van der Waals surface area (Å²) in [5.74, 6) is -17.1. The molecule has 0 aliphatic carbocycles. The van der Waals surface area contributed by atoms with Gasteiger partial charge in [-0.05, 0) is 104 Å². The van der Waals surface area contributed by atoms with Crippen molar-refractivity contribution in [2.24, 2.45) is 0 Å². The fourth-order valence-electron chi connectivity index (χ4n) is 12.4. The van der Waals surface area contributed by atoms with Crippen LogP contribution in [-0.2, 0) is 97.6 Å². The van der Waals surface area contributed by atoms with E-state index in [0.29, 0.717) is 33.8 Å². The second-order valence-corrected chi connectivity index (χ2v) is 27.7. The number of aromatic nitrogens is 3. The third kappa shape index (κ3) is 44.0. The maximum atomic E-state index is 14.7. The number of H-pyrrole nitrogens is 2. The van der Waals surface area contributed by atoms with Crippen molar-refractivity contribution in [2.75, 3.05) is 142 Å². The van der Waals surface area contributed by atoms with E-state index in [-0.39, 0.29) is 198 Å². The molecule has 0 bridgehead atoms. The van der Waals surface area contributed by atoms with E-state index in [1.54, 1.807) is 66.9 Å². The molecule has 0 aliphatic rings. The first-order valence-electron chi connectivity index (χ1n) is 36.2. The maximum absolute atomic E-state index is 14.7. The number of imidazole rings is 1. The maximum Gasteiger partial charge on any atom is 3.00 e. The van der Waals surface area contributed by atoms with Crippen molar-refractivity contribution < 1.29 is 214 Å². The summed E-state index contributed by atoms with van der Waals surface area (Å²) in [7, 11) is 1.38. The first-order chi connectivity index (χ1) is 55.5. The number of aromatic amines is 2. The van der Waals surface area contributed by atoms with Gasteiger partial charge >= 0.3 is 140 Å². The number of rotatable bonds is 57. The predicted octanol–water partition coefficient (Wildman–Crippen LogP) is -5.03. The number of carbonyl (C=O) groups is 15. The van der Waals surface area contributed by atoms with Gasteiger partial charge in [-0.1, -0.05) is 42.5 Å². The molecule has 2 radical (unpaired) electrons. The molecule has 0 fully saturated rings. The van der Waals surface area contributed by atoms with Gasteiger partial charge in [0.25, 0.3) is 0 Å². The summed E-state index contributed by atoms with van der Waals surface area (Å²) in [5, 5.41) is 122. The van der Waals surface area contributed by atoms with Crippen LogP contribution in [0.5, 0.6) is 0 Å². The monoisotopic (exact) mass is 2030 g/mol. The van der Waals surface area contributed by atoms with Gasteiger partial charge in [0, 0.05) is 118 Å². The molecule has 5 atom stereocenters. The molecule has 25 N–H and O–H groups in total. The minimum Gasteiger partial charge on any atom is -0.480 e. The second-order valence-electron chi connectivity index (χ2n) is 26.9. The Labute approximate surface area is 766 Å². The van der Waals surface area contributed by atoms with E-state index in [4.69, 9.17) is 24.4 Å². The van der Waals surface area contributed by atoms with Crippen LogP contribution in [0.4, 0.5) is 11.4 Å². The number of hydrogen-bond acceptors (Lipinski definition) is 24. The molecule has 2 aromatic heterocycles. The number of nitrogens with zero attached hydrogens (tertiary/aromatic N) is 7. The SMILES string of the molecule is CNC(=O)[C@H](Cc1cnc[nH]1)NC(=O)[C@H](Cc1c[nH]c2ccccc12)NC(=O)[C@H](CCCCNC(=O)CNC(=S)Nc1ccc(CC(CN(CCN(CC(=O)O)CC(=O)O)CC(=O)O)N(CC(=O)O)CC(=O)O)cc1)NC(=O)CNC(=S)Nc1ccc(CC(CN(CCN(CC(=O)O)CC(=O)O)CC(=O)O)N(CC(=O)O)CC(=O)O)cc1.O.O.[Gd+3].[Gd+3]. The molecule has 49 heteroatoms. The zero-order valence-corrected chi connectivity index (χ0v) is 71.4. The van der Waals surface area contributed by atoms with E-state index >= 15 is 0 Å². The summed E-state index contributed by atoms with van der Waals surface area (Å²) in [6.07, 6.45) is 4.64. The fourth-order valence-corrected chi connectivity index (χ4v) is 12.7. The number of likely N-dealkylation sites (N-methyl/N-ethyl adjacent to an activating group) is 1. The Balaban J connectivity index is 0.0000183. The number of thiocarbonyl (C=S) groups is 2. The molecule has 2 heterocycles. The number of carbonyl (C=O) groups excluding carboxylic acids is 5. The molecule has 0 spiro atoms. The minimum atomic E-state index is -1.40. The standard InChI is InChI=1S/C72H96N18O25S2.2Gd.2H2O/c1-73-68(113)55(25-48-27-74-42-79-48)84-70(115)54(24-45-26-76-52-7-3-2-6-51(45)52)83-69(114)53(82-57(92)29-78-72(117)81-47-15-11-44(12-16-47)23-50(90(40-66(109)110)41-67(111)112)31-86(33-59(95)96)19-21-88(36-62(101)102)37-63(103)104)8-4-5-17-75-56(91)28-77-71(116)80-46-13-9-43(10-14-46)22-49(89(38-64(105)106)39-65(107)108)30-85(32-58(93)94)18-20-87(34-60(97)98)35-61(99)100;;;;/h2-3,6-7,9-16,26-27,42,49-50,53-55,76H,4-5,8,17-25,28-41H2,1H3,(H,73,113)(H,74,79)(H,75,91)(H,82,92)(H,83,114)(H,84,115)(H,93,94)(H,95,96)(H,97,98)(H,99,100)(H,101,102)(H,103,104)(H,105,106)(H,107,108)(H,109,110)(H,111,112)(H2,77,80,116)(H2,78,81,117);;;2*1H2/q;2*+3;;/t49?,50?,53-,54-,55-;;;;/m0..../s1. The molecular formula is C72H100Gd2N18O27S2+6. The van der Waals surface area contributed by atoms with Crippen molar-refractivity contribution in [1.82, 2.24) is 81.6 Å². The first-order valence-corrected chi connectivity index (χ1v) is 37.0. The zero-order chi connectivity index (χ0) is 86.3. The molecule has 5 aromatic rings. The number of anilines is 2. The summed E-state index contributed by atoms with van der Waals surface area (Å²) in [6.45, 7) is -9.43. The number of para-hydroxylation sites is 1. The van der Waals surface area contributed by atoms with E-state index in [0.717, 1.165) is 30.5 Å². The topological polar surface area (TPSA) is 694 Å². The number of fused-ring (bicyclic) bond motifs is 1. The van der Waals surface area contributed by atoms with Gasteiger partial charge < -0.3 is 120 Å². The van der Waals surface area contributed by atoms with Crippen LogP contribution in [-0.4, -0.2) is 367 Å². The van der Waals surface area contributed by atoms with E-state index in [9.17, 15) is 123 Å². The number of carboxylic acid groups (broad SMARTS) is 10. The predicted molar refractivity (Wildman–Crippen MR) is 430 cm³/mol. The van der Waals surface area contributed by atoms with Crippen molar-refractivity contribution in [3.05, 3.63) is 114 Å². The van der Waals surface area contributed by atoms with Crippen molar-refractivity contribution in [2.45, 2.75) is 75.2 Å². The van der Waals surface area contributed by atoms with Gasteiger partial charge in [0.15, 0.2) is 10.2 Å². The van der Waals surface area contributed by atoms with Gasteiger partial charge in [0.1, 0.15) is 18.1 Å². The molecular weight excluding hydrogens is 1930 g/mol. The Kier molecular flexibility index (Phi) is 51.8. The Morgan fingerprint density at radius 2 is 0.818 bits per heavy atom. The Bertz CT molecular complexity index is 4210. The number of hydrogen-bond donors (Lipinski definition) is 21. The van der Waals surface area contributed by atoms with Crippen molar-refractivity contribution in [3.63, 3.8) is 0 Å². The number of carboxylic acids is 10. The Morgan fingerprint density at radius 1 is 0.430 bits per heavy atom. The van der Waals surface area contributed by atoms with Gasteiger partial charge in [-0.3, -0.25) is 101 Å². The van der Waals surface area contributed by atoms with Crippen LogP contribution in [0.25, 0.3) is 10.9 Å². The largest absolute Gasteiger partial charge is 3.00 e. The molecule has 2 unspecified atom stereocenters. The zero-order valence-electron chi connectivity index (χ0n) is 65.2. The molecule has 45 nitrogen and oxygen atoms in total. The van der Waals surface area contributed by atoms with Crippen LogP contribution in [0, 0.1) is 79.9 Å². The van der Waals surface area contributed by atoms with Crippen molar-refractivity contribution in [1.29, 1.82) is 0 Å². The molecule has 0 aliphatic heterocycles. The van der Waals surface area contributed by atoms with Gasteiger partial charge in [-0.2, -0.15) is 0 Å². The van der Waals surface area contributed by atoms with Crippen molar-refractivity contribution in [3.8, 4) is 0 Å². The third-order valence-electron chi connectivity index (χ3n) is 17.6. The third-order valence-corrected chi connectivity index (χ3v) is 18.1. The molecule has 3 aromatic carbocycles. The van der Waals surface area contributed by atoms with Gasteiger partial charge in [-0.25, -0.2) is 4.98 Å². The van der Waals surface area contributed by atoms with Crippen LogP contribution in [0.2, 0.25) is 0 Å². The van der Waals surface area contributed by atoms with Crippen LogP contribution < -0.4 is 47.9 Å². The quantitative estimate of drug-likeness (QED) is 0.0128. The normalized spacial score (nSPS) is 12.1. The molecule has 662 valence electrons.